The average Bonchev–Trinajstić information content (AvgIpc) is 2.46. The molecule has 0 saturated carbocycles. The second-order valence-electron chi connectivity index (χ2n) is 3.25. The van der Waals surface area contributed by atoms with E-state index in [9.17, 15) is 4.21 Å². The first-order valence-electron chi connectivity index (χ1n) is 4.08. The highest BCUT2D eigenvalue weighted by atomic mass is 32.2. The van der Waals surface area contributed by atoms with Crippen LogP contribution < -0.4 is 0 Å². The number of thiophene rings is 1. The molecule has 0 radical (unpaired) electrons. The van der Waals surface area contributed by atoms with Gasteiger partial charge in [-0.05, 0) is 25.1 Å². The molecule has 2 rings (SSSR count). The third-order valence-electron chi connectivity index (χ3n) is 2.22. The summed E-state index contributed by atoms with van der Waals surface area (Å²) in [6.45, 7) is 1.96. The fourth-order valence-electron chi connectivity index (χ4n) is 1.51. The molecule has 1 aliphatic rings. The summed E-state index contributed by atoms with van der Waals surface area (Å²) in [4.78, 5) is 3.47. The topological polar surface area (TPSA) is 40.5 Å². The van der Waals surface area contributed by atoms with Gasteiger partial charge in [-0.1, -0.05) is 0 Å². The summed E-state index contributed by atoms with van der Waals surface area (Å²) in [7, 11) is 2.07. The van der Waals surface area contributed by atoms with Crippen molar-refractivity contribution in [2.75, 3.05) is 13.6 Å². The summed E-state index contributed by atoms with van der Waals surface area (Å²) in [6.07, 6.45) is 1.000. The highest BCUT2D eigenvalue weighted by Gasteiger charge is 2.18. The van der Waals surface area contributed by atoms with Gasteiger partial charge in [0.1, 0.15) is 4.21 Å². The molecule has 0 fully saturated rings. The third kappa shape index (κ3) is 1.83. The molecule has 1 atom stereocenters. The SMILES string of the molecule is CN1CCc2cc(S(=O)O)sc2C1. The van der Waals surface area contributed by atoms with Crippen molar-refractivity contribution in [2.24, 2.45) is 0 Å². The van der Waals surface area contributed by atoms with Crippen LogP contribution in [-0.4, -0.2) is 27.3 Å². The molecule has 5 heteroatoms. The molecular formula is C8H11NO2S2. The van der Waals surface area contributed by atoms with Crippen LogP contribution >= 0.6 is 11.3 Å². The molecule has 0 bridgehead atoms. The van der Waals surface area contributed by atoms with Crippen LogP contribution in [0.2, 0.25) is 0 Å². The maximum absolute atomic E-state index is 10.8. The standard InChI is InChI=1S/C8H11NO2S2/c1-9-3-2-6-4-8(13(10)11)12-7(6)5-9/h4H,2-3,5H2,1H3,(H,10,11). The molecule has 13 heavy (non-hydrogen) atoms. The van der Waals surface area contributed by atoms with Crippen molar-refractivity contribution in [3.8, 4) is 0 Å². The van der Waals surface area contributed by atoms with Crippen LogP contribution in [0.25, 0.3) is 0 Å². The fraction of sp³-hybridized carbons (Fsp3) is 0.500. The van der Waals surface area contributed by atoms with Crippen LogP contribution in [0.3, 0.4) is 0 Å². The quantitative estimate of drug-likeness (QED) is 0.721. The summed E-state index contributed by atoms with van der Waals surface area (Å²) < 4.78 is 20.3. The van der Waals surface area contributed by atoms with Crippen molar-refractivity contribution in [2.45, 2.75) is 17.2 Å². The Morgan fingerprint density at radius 3 is 3.15 bits per heavy atom. The Hall–Kier alpha value is -0.230. The molecule has 1 aromatic rings. The zero-order valence-corrected chi connectivity index (χ0v) is 8.95. The molecule has 72 valence electrons. The normalized spacial score (nSPS) is 19.8. The van der Waals surface area contributed by atoms with Gasteiger partial charge < -0.3 is 9.45 Å². The van der Waals surface area contributed by atoms with Gasteiger partial charge in [0.25, 0.3) is 0 Å². The van der Waals surface area contributed by atoms with E-state index in [-0.39, 0.29) is 0 Å². The molecule has 1 aliphatic heterocycles. The van der Waals surface area contributed by atoms with E-state index < -0.39 is 11.1 Å². The van der Waals surface area contributed by atoms with Gasteiger partial charge in [-0.25, -0.2) is 4.21 Å². The third-order valence-corrected chi connectivity index (χ3v) is 4.32. The van der Waals surface area contributed by atoms with Crippen molar-refractivity contribution in [1.29, 1.82) is 0 Å². The van der Waals surface area contributed by atoms with Crippen LogP contribution in [0.15, 0.2) is 10.3 Å². The number of nitrogens with zero attached hydrogens (tertiary/aromatic N) is 1. The van der Waals surface area contributed by atoms with E-state index in [0.29, 0.717) is 4.21 Å². The number of likely N-dealkylation sites (N-methyl/N-ethyl adjacent to an activating group) is 1. The monoisotopic (exact) mass is 217 g/mol. The number of hydrogen-bond donors (Lipinski definition) is 1. The minimum Gasteiger partial charge on any atom is -0.302 e. The van der Waals surface area contributed by atoms with Crippen molar-refractivity contribution in [3.63, 3.8) is 0 Å². The first kappa shape index (κ1) is 9.33. The predicted octanol–water partition coefficient (Wildman–Crippen LogP) is 1.32. The minimum atomic E-state index is -1.81. The van der Waals surface area contributed by atoms with E-state index in [1.54, 1.807) is 0 Å². The molecule has 0 aromatic carbocycles. The van der Waals surface area contributed by atoms with Gasteiger partial charge in [0.05, 0.1) is 0 Å². The van der Waals surface area contributed by atoms with Crippen LogP contribution in [0.5, 0.6) is 0 Å². The van der Waals surface area contributed by atoms with Gasteiger partial charge in [0, 0.05) is 18.0 Å². The molecule has 0 aliphatic carbocycles. The lowest BCUT2D eigenvalue weighted by molar-refractivity contribution is 0.317. The second kappa shape index (κ2) is 3.49. The van der Waals surface area contributed by atoms with Crippen LogP contribution in [-0.2, 0) is 24.0 Å². The van der Waals surface area contributed by atoms with Crippen LogP contribution in [0, 0.1) is 0 Å². The van der Waals surface area contributed by atoms with Gasteiger partial charge in [-0.2, -0.15) is 0 Å². The Kier molecular flexibility index (Phi) is 2.51. The number of fused-ring (bicyclic) bond motifs is 1. The fourth-order valence-corrected chi connectivity index (χ4v) is 3.36. The largest absolute Gasteiger partial charge is 0.302 e. The zero-order chi connectivity index (χ0) is 9.42. The van der Waals surface area contributed by atoms with E-state index in [4.69, 9.17) is 4.55 Å². The summed E-state index contributed by atoms with van der Waals surface area (Å²) in [6, 6.07) is 1.86. The minimum absolute atomic E-state index is 0.584. The Morgan fingerprint density at radius 1 is 1.69 bits per heavy atom. The van der Waals surface area contributed by atoms with E-state index in [0.717, 1.165) is 19.5 Å². The zero-order valence-electron chi connectivity index (χ0n) is 7.32. The van der Waals surface area contributed by atoms with Crippen molar-refractivity contribution < 1.29 is 8.76 Å². The molecule has 1 unspecified atom stereocenters. The maximum atomic E-state index is 10.8. The summed E-state index contributed by atoms with van der Waals surface area (Å²) in [5, 5.41) is 0. The molecular weight excluding hydrogens is 206 g/mol. The van der Waals surface area contributed by atoms with Crippen LogP contribution in [0.4, 0.5) is 0 Å². The number of rotatable bonds is 1. The van der Waals surface area contributed by atoms with Gasteiger partial charge >= 0.3 is 0 Å². The highest BCUT2D eigenvalue weighted by Crippen LogP contribution is 2.29. The lowest BCUT2D eigenvalue weighted by atomic mass is 10.1. The first-order valence-corrected chi connectivity index (χ1v) is 6.00. The molecule has 3 nitrogen and oxygen atoms in total. The predicted molar refractivity (Wildman–Crippen MR) is 53.4 cm³/mol. The molecule has 1 aromatic heterocycles. The Morgan fingerprint density at radius 2 is 2.46 bits per heavy atom. The average molecular weight is 217 g/mol. The van der Waals surface area contributed by atoms with E-state index in [1.165, 1.54) is 21.8 Å². The highest BCUT2D eigenvalue weighted by molar-refractivity contribution is 7.81. The van der Waals surface area contributed by atoms with Gasteiger partial charge in [0.15, 0.2) is 11.1 Å². The summed E-state index contributed by atoms with van der Waals surface area (Å²) in [5.74, 6) is 0. The van der Waals surface area contributed by atoms with Gasteiger partial charge in [-0.15, -0.1) is 11.3 Å². The van der Waals surface area contributed by atoms with Gasteiger partial charge in [-0.3, -0.25) is 0 Å². The smallest absolute Gasteiger partial charge is 0.196 e. The maximum Gasteiger partial charge on any atom is 0.196 e. The lowest BCUT2D eigenvalue weighted by Gasteiger charge is -2.21. The van der Waals surface area contributed by atoms with Crippen molar-refractivity contribution in [3.05, 3.63) is 16.5 Å². The Bertz CT molecular complexity index is 348. The van der Waals surface area contributed by atoms with Crippen molar-refractivity contribution >= 4 is 22.4 Å². The molecule has 1 N–H and O–H groups in total. The van der Waals surface area contributed by atoms with Gasteiger partial charge in [0.2, 0.25) is 0 Å². The molecule has 0 amide bonds. The molecule has 2 heterocycles. The first-order chi connectivity index (χ1) is 6.16. The van der Waals surface area contributed by atoms with Crippen LogP contribution in [0.1, 0.15) is 10.4 Å². The lowest BCUT2D eigenvalue weighted by Crippen LogP contribution is -2.24. The number of hydrogen-bond acceptors (Lipinski definition) is 3. The van der Waals surface area contributed by atoms with E-state index >= 15 is 0 Å². The summed E-state index contributed by atoms with van der Waals surface area (Å²) in [5.41, 5.74) is 1.25. The Balaban J connectivity index is 2.33. The molecule has 0 saturated heterocycles. The van der Waals surface area contributed by atoms with Crippen molar-refractivity contribution in [1.82, 2.24) is 4.90 Å². The molecule has 0 spiro atoms. The Labute approximate surface area is 83.7 Å². The van der Waals surface area contributed by atoms with E-state index in [1.807, 2.05) is 6.07 Å². The summed E-state index contributed by atoms with van der Waals surface area (Å²) >= 11 is -0.350. The second-order valence-corrected chi connectivity index (χ2v) is 5.58. The van der Waals surface area contributed by atoms with E-state index in [2.05, 4.69) is 11.9 Å².